The Labute approximate surface area is 457 Å². The second-order valence-electron chi connectivity index (χ2n) is 26.1. The maximum absolute atomic E-state index is 12.4. The minimum Gasteiger partial charge on any atom is -0.582 e. The second-order valence-corrected chi connectivity index (χ2v) is 26.1. The molecule has 386 valence electrons. The summed E-state index contributed by atoms with van der Waals surface area (Å²) in [4.78, 5) is 0. The third-order valence-electron chi connectivity index (χ3n) is 13.6. The molecule has 4 N–H and O–H groups in total. The summed E-state index contributed by atoms with van der Waals surface area (Å²) < 4.78 is 10.5. The zero-order valence-electron chi connectivity index (χ0n) is 48.6. The van der Waals surface area contributed by atoms with Crippen LogP contribution in [0.15, 0.2) is 97.1 Å². The van der Waals surface area contributed by atoms with Gasteiger partial charge in [-0.25, -0.2) is 0 Å². The number of hydrogen-bond donors (Lipinski definition) is 2. The van der Waals surface area contributed by atoms with Gasteiger partial charge in [0.15, 0.2) is 13.2 Å². The van der Waals surface area contributed by atoms with Crippen molar-refractivity contribution in [1.29, 1.82) is 0 Å². The number of phenols is 2. The number of benzene rings is 6. The smallest absolute Gasteiger partial charge is 0.582 e. The van der Waals surface area contributed by atoms with Gasteiger partial charge in [0.1, 0.15) is 17.9 Å². The summed E-state index contributed by atoms with van der Waals surface area (Å²) >= 11 is 0. The van der Waals surface area contributed by atoms with Crippen LogP contribution in [0, 0.1) is 28.7 Å². The number of phenolic OH excluding ortho intramolecular Hbond substituents is 2. The molecule has 0 aliphatic rings. The van der Waals surface area contributed by atoms with Crippen molar-refractivity contribution < 1.29 is 45.9 Å². The molecule has 0 atom stereocenters. The van der Waals surface area contributed by atoms with Gasteiger partial charge < -0.3 is 34.5 Å². The summed E-state index contributed by atoms with van der Waals surface area (Å²) in [6.45, 7) is 45.7. The SMILES string of the molecule is Cc1cc(-c2cc(C(C)(C)C)cc(C(C)(C)C)c2)c(O)c(-c2cc(C(C)(C)C)ccc2[OH+]CCC[OH+]c2ccc(C(C)(C)C)cc2-c2cc(C)cc(-c3cc(C(C)(C)C)cc(C(C)(C)C)c3)c2O)c1.[CH3-].[CH3-].[Zr+2]. The zero-order valence-corrected chi connectivity index (χ0v) is 51.1. The molecule has 5 heteroatoms. The van der Waals surface area contributed by atoms with Crippen molar-refractivity contribution in [3.8, 4) is 67.5 Å². The standard InChI is InChI=1S/C65H84O4.2CH3.Zr/c1-40-28-50(42-32-46(62(9,10)11)36-47(33-42)63(12,13)14)58(66)54(30-40)52-38-44(60(3,4)5)22-24-56(52)68-26-21-27-69-57-25-23-45(61(6,7)8)39-53(57)55-31-41(2)29-51(59(55)67)43-34-48(64(15,16)17)37-49(35-43)65(18,19)20;;;/h22-25,28-39,66-67H,21,26-27H2,1-20H3;2*1H3;/q;2*-1;+2/p+2. The molecule has 0 heterocycles. The summed E-state index contributed by atoms with van der Waals surface area (Å²) in [5.41, 5.74) is 16.2. The molecule has 0 saturated heterocycles. The first-order valence-corrected chi connectivity index (χ1v) is 25.3. The number of ether oxygens (including phenoxy) is 2. The van der Waals surface area contributed by atoms with Crippen molar-refractivity contribution in [3.63, 3.8) is 0 Å². The Hall–Kier alpha value is -4.60. The van der Waals surface area contributed by atoms with E-state index in [9.17, 15) is 10.2 Å². The van der Waals surface area contributed by atoms with Gasteiger partial charge in [-0.05, 0) is 151 Å². The fourth-order valence-corrected chi connectivity index (χ4v) is 8.89. The maximum atomic E-state index is 12.4. The van der Waals surface area contributed by atoms with E-state index in [2.05, 4.69) is 236 Å². The largest absolute Gasteiger partial charge is 2.00 e. The van der Waals surface area contributed by atoms with Crippen molar-refractivity contribution >= 4 is 0 Å². The van der Waals surface area contributed by atoms with Gasteiger partial charge in [0.2, 0.25) is 0 Å². The van der Waals surface area contributed by atoms with Crippen LogP contribution in [0.4, 0.5) is 0 Å². The molecule has 0 aromatic heterocycles. The van der Waals surface area contributed by atoms with Crippen molar-refractivity contribution in [2.24, 2.45) is 0 Å². The van der Waals surface area contributed by atoms with Gasteiger partial charge in [-0.15, -0.1) is 0 Å². The second kappa shape index (κ2) is 22.5. The quantitative estimate of drug-likeness (QED) is 0.0816. The molecule has 0 aliphatic carbocycles. The maximum Gasteiger partial charge on any atom is 2.00 e. The average molecular weight is 1050 g/mol. The van der Waals surface area contributed by atoms with Gasteiger partial charge in [0.25, 0.3) is 11.5 Å². The van der Waals surface area contributed by atoms with Crippen molar-refractivity contribution in [2.45, 2.75) is 177 Å². The van der Waals surface area contributed by atoms with Crippen LogP contribution in [0.5, 0.6) is 23.0 Å². The number of hydrogen-bond acceptors (Lipinski definition) is 2. The minimum atomic E-state index is -0.102. The molecule has 6 aromatic carbocycles. The molecule has 0 bridgehead atoms. The summed E-state index contributed by atoms with van der Waals surface area (Å²) in [5, 5.41) is 24.8. The van der Waals surface area contributed by atoms with Crippen LogP contribution >= 0.6 is 0 Å². The first-order valence-electron chi connectivity index (χ1n) is 25.3. The number of aromatic hydroxyl groups is 4. The van der Waals surface area contributed by atoms with Crippen molar-refractivity contribution in [1.82, 2.24) is 0 Å². The molecule has 6 aromatic rings. The molecule has 0 aliphatic heterocycles. The molecule has 0 fully saturated rings. The average Bonchev–Trinajstić information content (AvgIpc) is 3.22. The molecule has 0 radical (unpaired) electrons. The summed E-state index contributed by atoms with van der Waals surface area (Å²) in [6, 6.07) is 35.2. The summed E-state index contributed by atoms with van der Waals surface area (Å²) in [7, 11) is 0. The van der Waals surface area contributed by atoms with E-state index in [1.54, 1.807) is 0 Å². The first-order chi connectivity index (χ1) is 31.6. The molecule has 0 saturated carbocycles. The van der Waals surface area contributed by atoms with Crippen LogP contribution < -0.4 is 0 Å². The van der Waals surface area contributed by atoms with Crippen LogP contribution in [0.25, 0.3) is 44.5 Å². The molecule has 6 rings (SSSR count). The Morgan fingerprint density at radius 2 is 0.597 bits per heavy atom. The molecule has 0 unspecified atom stereocenters. The molecule has 0 amide bonds. The van der Waals surface area contributed by atoms with E-state index in [1.165, 1.54) is 33.4 Å². The van der Waals surface area contributed by atoms with Gasteiger partial charge in [0.05, 0.1) is 11.1 Å². The Balaban J connectivity index is 0.00000456. The Bertz CT molecular complexity index is 2580. The van der Waals surface area contributed by atoms with Gasteiger partial charge >= 0.3 is 26.2 Å². The molecular formula is C67H92O4Zr+2. The predicted octanol–water partition coefficient (Wildman–Crippen LogP) is 18.6. The normalized spacial score (nSPS) is 12.4. The van der Waals surface area contributed by atoms with E-state index in [0.717, 1.165) is 73.6 Å². The van der Waals surface area contributed by atoms with Crippen LogP contribution in [0.3, 0.4) is 0 Å². The van der Waals surface area contributed by atoms with E-state index in [0.29, 0.717) is 13.2 Å². The molecule has 0 spiro atoms. The van der Waals surface area contributed by atoms with Crippen molar-refractivity contribution in [3.05, 3.63) is 156 Å². The van der Waals surface area contributed by atoms with Crippen LogP contribution in [0.1, 0.15) is 176 Å². The monoisotopic (exact) mass is 1050 g/mol. The van der Waals surface area contributed by atoms with E-state index >= 15 is 0 Å². The van der Waals surface area contributed by atoms with Gasteiger partial charge in [-0.2, -0.15) is 0 Å². The first kappa shape index (κ1) is 61.7. The molecule has 4 nitrogen and oxygen atoms in total. The molecule has 72 heavy (non-hydrogen) atoms. The third kappa shape index (κ3) is 14.4. The predicted molar refractivity (Wildman–Crippen MR) is 310 cm³/mol. The Kier molecular flexibility index (Phi) is 19.3. The van der Waals surface area contributed by atoms with E-state index in [4.69, 9.17) is 9.47 Å². The Morgan fingerprint density at radius 1 is 0.333 bits per heavy atom. The minimum absolute atomic E-state index is 0. The summed E-state index contributed by atoms with van der Waals surface area (Å²) in [6.07, 6.45) is 0.724. The van der Waals surface area contributed by atoms with E-state index in [-0.39, 0.29) is 85.0 Å². The van der Waals surface area contributed by atoms with E-state index < -0.39 is 0 Å². The zero-order chi connectivity index (χ0) is 51.4. The molecular weight excluding hydrogens is 960 g/mol. The fourth-order valence-electron chi connectivity index (χ4n) is 8.89. The van der Waals surface area contributed by atoms with Crippen LogP contribution in [0.2, 0.25) is 0 Å². The van der Waals surface area contributed by atoms with Gasteiger partial charge in [-0.1, -0.05) is 161 Å². The number of aryl methyl sites for hydroxylation is 2. The topological polar surface area (TPSA) is 66.1 Å². The number of aliphatic hydroxyl groups is 2. The third-order valence-corrected chi connectivity index (χ3v) is 13.6. The van der Waals surface area contributed by atoms with Gasteiger partial charge in [-0.3, -0.25) is 0 Å². The Morgan fingerprint density at radius 3 is 0.861 bits per heavy atom. The van der Waals surface area contributed by atoms with Crippen LogP contribution in [-0.2, 0) is 58.7 Å². The van der Waals surface area contributed by atoms with E-state index in [1.807, 2.05) is 0 Å². The van der Waals surface area contributed by atoms with Crippen molar-refractivity contribution in [2.75, 3.05) is 13.2 Å². The fraction of sp³-hybridized carbons (Fsp3) is 0.433. The van der Waals surface area contributed by atoms with Crippen LogP contribution in [-0.4, -0.2) is 32.9 Å². The summed E-state index contributed by atoms with van der Waals surface area (Å²) in [5.74, 6) is 2.25. The van der Waals surface area contributed by atoms with Gasteiger partial charge in [0, 0.05) is 34.4 Å². The number of rotatable bonds is 10.